The number of nitrogens with zero attached hydrogens (tertiary/aromatic N) is 1. The van der Waals surface area contributed by atoms with E-state index in [1.165, 1.54) is 11.8 Å². The highest BCUT2D eigenvalue weighted by Crippen LogP contribution is 2.24. The Morgan fingerprint density at radius 2 is 2.04 bits per heavy atom. The standard InChI is InChI=1S/C19H23ClN2O3S/c1-26(23,24)18-7-3-6-17(13-18)25-11-10-22-9-8-21-14-19(22)15-4-2-5-16(20)12-15/h2-7,12-13,19,21H,8-11,14H2,1H3. The number of nitrogens with one attached hydrogen (secondary N) is 1. The predicted octanol–water partition coefficient (Wildman–Crippen LogP) is 2.77. The molecule has 1 unspecified atom stereocenters. The van der Waals surface area contributed by atoms with Crippen LogP contribution in [0.25, 0.3) is 0 Å². The van der Waals surface area contributed by atoms with Crippen LogP contribution in [0.15, 0.2) is 53.4 Å². The maximum atomic E-state index is 11.7. The van der Waals surface area contributed by atoms with Gasteiger partial charge in [0, 0.05) is 43.5 Å². The van der Waals surface area contributed by atoms with Crippen molar-refractivity contribution in [2.75, 3.05) is 39.0 Å². The molecule has 1 aliphatic rings. The van der Waals surface area contributed by atoms with E-state index in [2.05, 4.69) is 16.3 Å². The second-order valence-electron chi connectivity index (χ2n) is 6.41. The summed E-state index contributed by atoms with van der Waals surface area (Å²) in [5.74, 6) is 0.572. The summed E-state index contributed by atoms with van der Waals surface area (Å²) in [7, 11) is -3.23. The van der Waals surface area contributed by atoms with Gasteiger partial charge in [-0.05, 0) is 35.9 Å². The first kappa shape index (κ1) is 19.2. The van der Waals surface area contributed by atoms with E-state index in [0.717, 1.165) is 31.2 Å². The van der Waals surface area contributed by atoms with Crippen LogP contribution in [0, 0.1) is 0 Å². The predicted molar refractivity (Wildman–Crippen MR) is 104 cm³/mol. The van der Waals surface area contributed by atoms with E-state index < -0.39 is 9.84 Å². The van der Waals surface area contributed by atoms with Gasteiger partial charge in [-0.2, -0.15) is 0 Å². The van der Waals surface area contributed by atoms with Crippen molar-refractivity contribution in [2.24, 2.45) is 0 Å². The summed E-state index contributed by atoms with van der Waals surface area (Å²) < 4.78 is 29.1. The van der Waals surface area contributed by atoms with Crippen molar-refractivity contribution in [3.8, 4) is 5.75 Å². The molecule has 1 aliphatic heterocycles. The largest absolute Gasteiger partial charge is 0.492 e. The Kier molecular flexibility index (Phi) is 6.19. The van der Waals surface area contributed by atoms with Gasteiger partial charge in [-0.25, -0.2) is 8.42 Å². The lowest BCUT2D eigenvalue weighted by Crippen LogP contribution is -2.47. The van der Waals surface area contributed by atoms with Crippen molar-refractivity contribution in [3.63, 3.8) is 0 Å². The van der Waals surface area contributed by atoms with Crippen LogP contribution in [-0.4, -0.2) is 52.4 Å². The normalized spacial score (nSPS) is 18.6. The van der Waals surface area contributed by atoms with Gasteiger partial charge in [0.15, 0.2) is 9.84 Å². The number of hydrogen-bond acceptors (Lipinski definition) is 5. The fourth-order valence-corrected chi connectivity index (χ4v) is 3.99. The molecule has 2 aromatic rings. The summed E-state index contributed by atoms with van der Waals surface area (Å²) in [4.78, 5) is 2.64. The Bertz CT molecular complexity index is 857. The van der Waals surface area contributed by atoms with Crippen LogP contribution >= 0.6 is 11.6 Å². The molecule has 2 aromatic carbocycles. The third-order valence-electron chi connectivity index (χ3n) is 4.47. The highest BCUT2D eigenvalue weighted by molar-refractivity contribution is 7.90. The molecular formula is C19H23ClN2O3S. The zero-order valence-corrected chi connectivity index (χ0v) is 16.3. The fraction of sp³-hybridized carbons (Fsp3) is 0.368. The molecule has 1 heterocycles. The summed E-state index contributed by atoms with van der Waals surface area (Å²) in [5.41, 5.74) is 1.18. The van der Waals surface area contributed by atoms with Gasteiger partial charge in [0.2, 0.25) is 0 Å². The summed E-state index contributed by atoms with van der Waals surface area (Å²) >= 11 is 6.14. The Labute approximate surface area is 159 Å². The molecule has 140 valence electrons. The van der Waals surface area contributed by atoms with E-state index >= 15 is 0 Å². The van der Waals surface area contributed by atoms with Crippen molar-refractivity contribution < 1.29 is 13.2 Å². The molecule has 0 amide bonds. The van der Waals surface area contributed by atoms with Crippen LogP contribution in [0.3, 0.4) is 0 Å². The molecule has 1 atom stereocenters. The molecular weight excluding hydrogens is 372 g/mol. The van der Waals surface area contributed by atoms with E-state index in [-0.39, 0.29) is 10.9 Å². The van der Waals surface area contributed by atoms with E-state index in [1.54, 1.807) is 24.3 Å². The van der Waals surface area contributed by atoms with Gasteiger partial charge in [0.05, 0.1) is 4.90 Å². The molecule has 0 aliphatic carbocycles. The third-order valence-corrected chi connectivity index (χ3v) is 5.81. The molecule has 26 heavy (non-hydrogen) atoms. The highest BCUT2D eigenvalue weighted by atomic mass is 35.5. The van der Waals surface area contributed by atoms with Gasteiger partial charge >= 0.3 is 0 Å². The van der Waals surface area contributed by atoms with Gasteiger partial charge in [-0.15, -0.1) is 0 Å². The van der Waals surface area contributed by atoms with Gasteiger partial charge in [0.1, 0.15) is 12.4 Å². The summed E-state index contributed by atoms with van der Waals surface area (Å²) in [6, 6.07) is 14.8. The molecule has 7 heteroatoms. The Hall–Kier alpha value is -1.60. The lowest BCUT2D eigenvalue weighted by Gasteiger charge is -2.36. The van der Waals surface area contributed by atoms with Crippen molar-refractivity contribution in [1.29, 1.82) is 0 Å². The molecule has 1 saturated heterocycles. The Balaban J connectivity index is 1.63. The van der Waals surface area contributed by atoms with Gasteiger partial charge in [-0.3, -0.25) is 4.90 Å². The van der Waals surface area contributed by atoms with Crippen LogP contribution in [0.1, 0.15) is 11.6 Å². The molecule has 0 bridgehead atoms. The van der Waals surface area contributed by atoms with Gasteiger partial charge in [0.25, 0.3) is 0 Å². The van der Waals surface area contributed by atoms with Crippen LogP contribution in [0.4, 0.5) is 0 Å². The maximum Gasteiger partial charge on any atom is 0.175 e. The maximum absolute atomic E-state index is 11.7. The average molecular weight is 395 g/mol. The van der Waals surface area contributed by atoms with Crippen LogP contribution in [0.5, 0.6) is 5.75 Å². The van der Waals surface area contributed by atoms with Gasteiger partial charge < -0.3 is 10.1 Å². The quantitative estimate of drug-likeness (QED) is 0.816. The Morgan fingerprint density at radius 3 is 2.81 bits per heavy atom. The summed E-state index contributed by atoms with van der Waals surface area (Å²) in [6.45, 7) is 3.96. The Morgan fingerprint density at radius 1 is 1.23 bits per heavy atom. The molecule has 5 nitrogen and oxygen atoms in total. The monoisotopic (exact) mass is 394 g/mol. The van der Waals surface area contributed by atoms with Gasteiger partial charge in [-0.1, -0.05) is 29.8 Å². The smallest absolute Gasteiger partial charge is 0.175 e. The lowest BCUT2D eigenvalue weighted by molar-refractivity contribution is 0.134. The molecule has 0 saturated carbocycles. The van der Waals surface area contributed by atoms with E-state index in [0.29, 0.717) is 12.4 Å². The number of benzene rings is 2. The topological polar surface area (TPSA) is 58.6 Å². The first-order valence-corrected chi connectivity index (χ1v) is 10.8. The van der Waals surface area contributed by atoms with Crippen LogP contribution in [-0.2, 0) is 9.84 Å². The average Bonchev–Trinajstić information content (AvgIpc) is 2.62. The first-order chi connectivity index (χ1) is 12.4. The van der Waals surface area contributed by atoms with Crippen molar-refractivity contribution in [3.05, 3.63) is 59.1 Å². The SMILES string of the molecule is CS(=O)(=O)c1cccc(OCCN2CCNCC2c2cccc(Cl)c2)c1. The lowest BCUT2D eigenvalue weighted by atomic mass is 10.0. The number of halogens is 1. The molecule has 0 aromatic heterocycles. The van der Waals surface area contributed by atoms with E-state index in [4.69, 9.17) is 16.3 Å². The van der Waals surface area contributed by atoms with Crippen molar-refractivity contribution in [2.45, 2.75) is 10.9 Å². The number of rotatable bonds is 6. The second kappa shape index (κ2) is 8.39. The van der Waals surface area contributed by atoms with E-state index in [1.807, 2.05) is 18.2 Å². The molecule has 3 rings (SSSR count). The van der Waals surface area contributed by atoms with Crippen LogP contribution in [0.2, 0.25) is 5.02 Å². The molecule has 0 spiro atoms. The first-order valence-electron chi connectivity index (χ1n) is 8.56. The number of piperazine rings is 1. The third kappa shape index (κ3) is 4.98. The zero-order chi connectivity index (χ0) is 18.6. The minimum absolute atomic E-state index is 0.244. The van der Waals surface area contributed by atoms with E-state index in [9.17, 15) is 8.42 Å². The molecule has 1 fully saturated rings. The van der Waals surface area contributed by atoms with Crippen LogP contribution < -0.4 is 10.1 Å². The van der Waals surface area contributed by atoms with Crippen molar-refractivity contribution >= 4 is 21.4 Å². The number of hydrogen-bond donors (Lipinski definition) is 1. The van der Waals surface area contributed by atoms with Crippen molar-refractivity contribution in [1.82, 2.24) is 10.2 Å². The minimum Gasteiger partial charge on any atom is -0.492 e. The zero-order valence-electron chi connectivity index (χ0n) is 14.7. The fourth-order valence-electron chi connectivity index (χ4n) is 3.13. The summed E-state index contributed by atoms with van der Waals surface area (Å²) in [6.07, 6.45) is 1.20. The summed E-state index contributed by atoms with van der Waals surface area (Å²) in [5, 5.41) is 4.16. The number of ether oxygens (including phenoxy) is 1. The highest BCUT2D eigenvalue weighted by Gasteiger charge is 2.23. The molecule has 1 N–H and O–H groups in total. The molecule has 0 radical (unpaired) electrons. The number of sulfone groups is 1. The minimum atomic E-state index is -3.23. The second-order valence-corrected chi connectivity index (χ2v) is 8.86.